The summed E-state index contributed by atoms with van der Waals surface area (Å²) in [7, 11) is 0. The molecule has 0 radical (unpaired) electrons. The zero-order chi connectivity index (χ0) is 17.9. The number of aryl methyl sites for hydroxylation is 1. The van der Waals surface area contributed by atoms with Gasteiger partial charge >= 0.3 is 0 Å². The van der Waals surface area contributed by atoms with Crippen LogP contribution in [-0.4, -0.2) is 39.6 Å². The molecule has 1 aliphatic rings. The lowest BCUT2D eigenvalue weighted by atomic mass is 10.1. The third-order valence-corrected chi connectivity index (χ3v) is 4.91. The number of pyridine rings is 1. The lowest BCUT2D eigenvalue weighted by Gasteiger charge is -2.34. The molecule has 1 N–H and O–H groups in total. The number of aromatic nitrogens is 3. The maximum Gasteiger partial charge on any atom is 0.240 e. The minimum Gasteiger partial charge on any atom is -0.355 e. The summed E-state index contributed by atoms with van der Waals surface area (Å²) in [6.45, 7) is 4.02. The van der Waals surface area contributed by atoms with Gasteiger partial charge in [-0.25, -0.2) is 9.97 Å². The summed E-state index contributed by atoms with van der Waals surface area (Å²) >= 11 is 0. The van der Waals surface area contributed by atoms with E-state index in [1.165, 1.54) is 0 Å². The van der Waals surface area contributed by atoms with Gasteiger partial charge in [-0.15, -0.1) is 0 Å². The van der Waals surface area contributed by atoms with Crippen molar-refractivity contribution in [3.63, 3.8) is 0 Å². The van der Waals surface area contributed by atoms with Crippen LogP contribution in [-0.2, 0) is 11.3 Å². The molecule has 3 heterocycles. The van der Waals surface area contributed by atoms with Gasteiger partial charge in [0.05, 0.1) is 11.0 Å². The van der Waals surface area contributed by atoms with E-state index in [-0.39, 0.29) is 11.9 Å². The fourth-order valence-electron chi connectivity index (χ4n) is 3.66. The van der Waals surface area contributed by atoms with E-state index in [2.05, 4.69) is 20.2 Å². The maximum atomic E-state index is 12.6. The Morgan fingerprint density at radius 3 is 2.92 bits per heavy atom. The Labute approximate surface area is 152 Å². The molecule has 2 aromatic heterocycles. The van der Waals surface area contributed by atoms with Crippen LogP contribution in [0.25, 0.3) is 11.0 Å². The molecule has 0 spiro atoms. The Hall–Kier alpha value is -2.89. The molecule has 3 aromatic rings. The first kappa shape index (κ1) is 16.6. The Morgan fingerprint density at radius 1 is 1.23 bits per heavy atom. The highest BCUT2D eigenvalue weighted by molar-refractivity contribution is 5.81. The van der Waals surface area contributed by atoms with E-state index < -0.39 is 0 Å². The van der Waals surface area contributed by atoms with Crippen LogP contribution in [0.1, 0.15) is 18.7 Å². The molecule has 6 nitrogen and oxygen atoms in total. The number of hydrogen-bond acceptors (Lipinski definition) is 4. The van der Waals surface area contributed by atoms with Crippen LogP contribution in [0, 0.1) is 6.92 Å². The van der Waals surface area contributed by atoms with Gasteiger partial charge in [-0.2, -0.15) is 0 Å². The molecule has 1 saturated heterocycles. The number of nitrogens with zero attached hydrogens (tertiary/aromatic N) is 4. The molecule has 1 aliphatic heterocycles. The van der Waals surface area contributed by atoms with Crippen LogP contribution in [0.4, 0.5) is 5.82 Å². The molecular weight excluding hydrogens is 326 g/mol. The summed E-state index contributed by atoms with van der Waals surface area (Å²) in [6.07, 6.45) is 3.86. The molecule has 0 aliphatic carbocycles. The van der Waals surface area contributed by atoms with Gasteiger partial charge in [-0.3, -0.25) is 4.79 Å². The second-order valence-corrected chi connectivity index (χ2v) is 6.77. The molecule has 0 saturated carbocycles. The second kappa shape index (κ2) is 7.15. The van der Waals surface area contributed by atoms with Crippen LogP contribution < -0.4 is 10.2 Å². The first-order chi connectivity index (χ1) is 12.7. The number of piperidine rings is 1. The SMILES string of the molecule is Cc1nc2ccccc2n1CC(=O)N[C@H]1CCCN(c2ccccn2)C1. The van der Waals surface area contributed by atoms with Crippen LogP contribution in [0.3, 0.4) is 0 Å². The van der Waals surface area contributed by atoms with Crippen molar-refractivity contribution in [2.24, 2.45) is 0 Å². The Bertz CT molecular complexity index is 905. The molecule has 26 heavy (non-hydrogen) atoms. The largest absolute Gasteiger partial charge is 0.355 e. The Balaban J connectivity index is 1.42. The van der Waals surface area contributed by atoms with E-state index in [1.807, 2.05) is 60.2 Å². The summed E-state index contributed by atoms with van der Waals surface area (Å²) in [4.78, 5) is 23.8. The van der Waals surface area contributed by atoms with E-state index in [4.69, 9.17) is 0 Å². The van der Waals surface area contributed by atoms with Gasteiger partial charge in [0.25, 0.3) is 0 Å². The maximum absolute atomic E-state index is 12.6. The molecule has 1 fully saturated rings. The van der Waals surface area contributed by atoms with Crippen molar-refractivity contribution < 1.29 is 4.79 Å². The van der Waals surface area contributed by atoms with Gasteiger partial charge in [-0.05, 0) is 44.0 Å². The van der Waals surface area contributed by atoms with Gasteiger partial charge in [0.2, 0.25) is 5.91 Å². The smallest absolute Gasteiger partial charge is 0.240 e. The molecule has 4 rings (SSSR count). The fraction of sp³-hybridized carbons (Fsp3) is 0.350. The number of carbonyl (C=O) groups is 1. The highest BCUT2D eigenvalue weighted by atomic mass is 16.2. The second-order valence-electron chi connectivity index (χ2n) is 6.77. The first-order valence-corrected chi connectivity index (χ1v) is 9.08. The standard InChI is InChI=1S/C20H23N5O/c1-15-22-17-8-2-3-9-18(17)25(15)14-20(26)23-16-7-6-12-24(13-16)19-10-4-5-11-21-19/h2-5,8-11,16H,6-7,12-14H2,1H3,(H,23,26)/t16-/m0/s1. The van der Waals surface area contributed by atoms with E-state index in [1.54, 1.807) is 0 Å². The number of para-hydroxylation sites is 2. The van der Waals surface area contributed by atoms with Crippen molar-refractivity contribution in [2.75, 3.05) is 18.0 Å². The summed E-state index contributed by atoms with van der Waals surface area (Å²) in [6, 6.07) is 14.0. The lowest BCUT2D eigenvalue weighted by molar-refractivity contribution is -0.122. The predicted molar refractivity (Wildman–Crippen MR) is 102 cm³/mol. The lowest BCUT2D eigenvalue weighted by Crippen LogP contribution is -2.48. The van der Waals surface area contributed by atoms with Gasteiger partial charge in [0.1, 0.15) is 18.2 Å². The highest BCUT2D eigenvalue weighted by Gasteiger charge is 2.22. The zero-order valence-corrected chi connectivity index (χ0v) is 14.9. The van der Waals surface area contributed by atoms with Gasteiger partial charge in [0, 0.05) is 25.3 Å². The minimum atomic E-state index is 0.0316. The third-order valence-electron chi connectivity index (χ3n) is 4.91. The quantitative estimate of drug-likeness (QED) is 0.786. The number of fused-ring (bicyclic) bond motifs is 1. The Morgan fingerprint density at radius 2 is 2.08 bits per heavy atom. The van der Waals surface area contributed by atoms with Gasteiger partial charge in [-0.1, -0.05) is 18.2 Å². The molecule has 134 valence electrons. The van der Waals surface area contributed by atoms with Crippen LogP contribution in [0.5, 0.6) is 0 Å². The number of amides is 1. The molecule has 1 atom stereocenters. The average Bonchev–Trinajstić information content (AvgIpc) is 2.98. The molecule has 0 unspecified atom stereocenters. The van der Waals surface area contributed by atoms with Crippen molar-refractivity contribution in [3.05, 3.63) is 54.5 Å². The summed E-state index contributed by atoms with van der Waals surface area (Å²) in [5.74, 6) is 1.87. The Kier molecular flexibility index (Phi) is 4.56. The van der Waals surface area contributed by atoms with Crippen molar-refractivity contribution >= 4 is 22.8 Å². The predicted octanol–water partition coefficient (Wildman–Crippen LogP) is 2.52. The van der Waals surface area contributed by atoms with E-state index >= 15 is 0 Å². The van der Waals surface area contributed by atoms with E-state index in [0.717, 1.165) is 48.6 Å². The zero-order valence-electron chi connectivity index (χ0n) is 14.9. The number of benzene rings is 1. The van der Waals surface area contributed by atoms with E-state index in [0.29, 0.717) is 6.54 Å². The summed E-state index contributed by atoms with van der Waals surface area (Å²) < 4.78 is 1.98. The molecule has 0 bridgehead atoms. The number of carbonyl (C=O) groups excluding carboxylic acids is 1. The first-order valence-electron chi connectivity index (χ1n) is 9.08. The fourth-order valence-corrected chi connectivity index (χ4v) is 3.66. The van der Waals surface area contributed by atoms with Crippen LogP contribution in [0.2, 0.25) is 0 Å². The summed E-state index contributed by atoms with van der Waals surface area (Å²) in [5.41, 5.74) is 1.93. The highest BCUT2D eigenvalue weighted by Crippen LogP contribution is 2.18. The summed E-state index contributed by atoms with van der Waals surface area (Å²) in [5, 5.41) is 3.19. The van der Waals surface area contributed by atoms with Crippen molar-refractivity contribution in [1.29, 1.82) is 0 Å². The van der Waals surface area contributed by atoms with Gasteiger partial charge in [0.15, 0.2) is 0 Å². The number of hydrogen-bond donors (Lipinski definition) is 1. The minimum absolute atomic E-state index is 0.0316. The van der Waals surface area contributed by atoms with E-state index in [9.17, 15) is 4.79 Å². The van der Waals surface area contributed by atoms with Crippen molar-refractivity contribution in [2.45, 2.75) is 32.4 Å². The molecular formula is C20H23N5O. The number of imidazole rings is 1. The monoisotopic (exact) mass is 349 g/mol. The normalized spacial score (nSPS) is 17.4. The molecule has 6 heteroatoms. The number of rotatable bonds is 4. The number of nitrogens with one attached hydrogen (secondary N) is 1. The van der Waals surface area contributed by atoms with Crippen LogP contribution >= 0.6 is 0 Å². The van der Waals surface area contributed by atoms with Crippen LogP contribution in [0.15, 0.2) is 48.7 Å². The molecule has 1 amide bonds. The van der Waals surface area contributed by atoms with Gasteiger partial charge < -0.3 is 14.8 Å². The van der Waals surface area contributed by atoms with Crippen molar-refractivity contribution in [3.8, 4) is 0 Å². The third kappa shape index (κ3) is 3.40. The van der Waals surface area contributed by atoms with Crippen molar-refractivity contribution in [1.82, 2.24) is 19.9 Å². The molecule has 1 aromatic carbocycles. The topological polar surface area (TPSA) is 63.1 Å². The average molecular weight is 349 g/mol. The number of anilines is 1.